The highest BCUT2D eigenvalue weighted by atomic mass is 19.1. The summed E-state index contributed by atoms with van der Waals surface area (Å²) >= 11 is 0. The lowest BCUT2D eigenvalue weighted by atomic mass is 10.1. The molecule has 2 atom stereocenters. The van der Waals surface area contributed by atoms with Crippen LogP contribution in [0.2, 0.25) is 0 Å². The summed E-state index contributed by atoms with van der Waals surface area (Å²) in [4.78, 5) is 17.0. The number of carbonyl (C=O) groups excluding carboxylic acids is 1. The van der Waals surface area contributed by atoms with Gasteiger partial charge in [0.2, 0.25) is 0 Å². The van der Waals surface area contributed by atoms with Crippen LogP contribution in [0.25, 0.3) is 5.69 Å². The number of carbonyl (C=O) groups is 1. The molecule has 27 heavy (non-hydrogen) atoms. The van der Waals surface area contributed by atoms with Crippen molar-refractivity contribution in [3.63, 3.8) is 0 Å². The molecule has 1 saturated carbocycles. The maximum Gasteiger partial charge on any atom is 0.276 e. The number of pyridine rings is 1. The molecular weight excluding hydrogens is 350 g/mol. The molecule has 7 heteroatoms. The number of anilines is 1. The van der Waals surface area contributed by atoms with E-state index < -0.39 is 11.6 Å². The molecule has 0 unspecified atom stereocenters. The predicted octanol–water partition coefficient (Wildman–Crippen LogP) is 3.77. The molecule has 1 fully saturated rings. The predicted molar refractivity (Wildman–Crippen MR) is 95.0 cm³/mol. The molecule has 0 radical (unpaired) electrons. The molecule has 2 aromatic heterocycles. The monoisotopic (exact) mass is 366 g/mol. The van der Waals surface area contributed by atoms with Gasteiger partial charge in [-0.05, 0) is 49.9 Å². The highest BCUT2D eigenvalue weighted by Crippen LogP contribution is 2.57. The van der Waals surface area contributed by atoms with E-state index in [1.54, 1.807) is 12.3 Å². The topological polar surface area (TPSA) is 59.8 Å². The van der Waals surface area contributed by atoms with Crippen LogP contribution in [0.4, 0.5) is 14.5 Å². The molecule has 3 aromatic rings. The van der Waals surface area contributed by atoms with Crippen molar-refractivity contribution in [2.75, 3.05) is 5.32 Å². The summed E-state index contributed by atoms with van der Waals surface area (Å²) in [7, 11) is 0. The van der Waals surface area contributed by atoms with E-state index in [0.29, 0.717) is 23.2 Å². The van der Waals surface area contributed by atoms with Crippen LogP contribution >= 0.6 is 0 Å². The Labute approximate surface area is 154 Å². The van der Waals surface area contributed by atoms with Gasteiger partial charge in [-0.2, -0.15) is 5.10 Å². The molecule has 0 bridgehead atoms. The number of rotatable bonds is 3. The van der Waals surface area contributed by atoms with Gasteiger partial charge in [0.25, 0.3) is 5.91 Å². The smallest absolute Gasteiger partial charge is 0.276 e. The quantitative estimate of drug-likeness (QED) is 0.768. The molecule has 5 rings (SSSR count). The fraction of sp³-hybridized carbons (Fsp3) is 0.250. The third-order valence-corrected chi connectivity index (χ3v) is 5.29. The number of benzene rings is 1. The summed E-state index contributed by atoms with van der Waals surface area (Å²) in [6.07, 6.45) is 3.36. The van der Waals surface area contributed by atoms with E-state index in [2.05, 4.69) is 15.4 Å². The number of amides is 1. The number of halogens is 2. The molecule has 5 nitrogen and oxygen atoms in total. The Morgan fingerprint density at radius 2 is 2.11 bits per heavy atom. The SMILES string of the molecule is Cc1ccc(NC(=O)c2nn(-c3ccc(F)cc3F)c3c2C[C@H]2C[C@@H]32)cn1. The first-order chi connectivity index (χ1) is 13.0. The zero-order chi connectivity index (χ0) is 18.7. The molecule has 0 spiro atoms. The van der Waals surface area contributed by atoms with E-state index >= 15 is 0 Å². The van der Waals surface area contributed by atoms with Gasteiger partial charge in [0.05, 0.1) is 17.6 Å². The van der Waals surface area contributed by atoms with Crippen LogP contribution in [0, 0.1) is 24.5 Å². The average Bonchev–Trinajstić information content (AvgIpc) is 3.14. The first kappa shape index (κ1) is 16.1. The summed E-state index contributed by atoms with van der Waals surface area (Å²) < 4.78 is 29.1. The number of aromatic nitrogens is 3. The van der Waals surface area contributed by atoms with Gasteiger partial charge in [0.15, 0.2) is 11.5 Å². The molecule has 1 amide bonds. The van der Waals surface area contributed by atoms with Crippen molar-refractivity contribution < 1.29 is 13.6 Å². The normalized spacial score (nSPS) is 19.5. The van der Waals surface area contributed by atoms with Crippen molar-refractivity contribution in [3.05, 3.63) is 70.8 Å². The van der Waals surface area contributed by atoms with E-state index in [9.17, 15) is 13.6 Å². The fourth-order valence-electron chi connectivity index (χ4n) is 3.87. The standard InChI is InChI=1S/C20H16F2N4O/c1-10-2-4-13(9-23-10)24-20(27)18-15-7-11-6-14(11)19(15)26(25-18)17-5-3-12(21)8-16(17)22/h2-5,8-9,11,14H,6-7H2,1H3,(H,24,27)/t11-,14-/m1/s1. The van der Waals surface area contributed by atoms with E-state index in [-0.39, 0.29) is 11.6 Å². The Hall–Kier alpha value is -3.09. The van der Waals surface area contributed by atoms with Gasteiger partial charge >= 0.3 is 0 Å². The Morgan fingerprint density at radius 1 is 1.26 bits per heavy atom. The average molecular weight is 366 g/mol. The minimum Gasteiger partial charge on any atom is -0.319 e. The van der Waals surface area contributed by atoms with Crippen molar-refractivity contribution in [3.8, 4) is 5.69 Å². The highest BCUT2D eigenvalue weighted by Gasteiger charge is 2.50. The lowest BCUT2D eigenvalue weighted by Gasteiger charge is -2.07. The number of fused-ring (bicyclic) bond motifs is 3. The van der Waals surface area contributed by atoms with E-state index in [1.807, 2.05) is 13.0 Å². The number of nitrogens with zero attached hydrogens (tertiary/aromatic N) is 3. The van der Waals surface area contributed by atoms with Gasteiger partial charge in [-0.25, -0.2) is 13.5 Å². The first-order valence-electron chi connectivity index (χ1n) is 8.82. The van der Waals surface area contributed by atoms with Crippen LogP contribution in [0.3, 0.4) is 0 Å². The molecule has 0 aliphatic heterocycles. The fourth-order valence-corrected chi connectivity index (χ4v) is 3.87. The summed E-state index contributed by atoms with van der Waals surface area (Å²) in [5.41, 5.74) is 3.61. The van der Waals surface area contributed by atoms with Crippen molar-refractivity contribution in [1.82, 2.24) is 14.8 Å². The van der Waals surface area contributed by atoms with Crippen LogP contribution in [0.1, 0.15) is 39.8 Å². The molecule has 1 aromatic carbocycles. The second kappa shape index (κ2) is 5.70. The van der Waals surface area contributed by atoms with Crippen molar-refractivity contribution in [1.29, 1.82) is 0 Å². The second-order valence-electron chi connectivity index (χ2n) is 7.17. The molecular formula is C20H16F2N4O. The second-order valence-corrected chi connectivity index (χ2v) is 7.17. The summed E-state index contributed by atoms with van der Waals surface area (Å²) in [5, 5.41) is 7.21. The number of aryl methyl sites for hydroxylation is 1. The highest BCUT2D eigenvalue weighted by molar-refractivity contribution is 6.04. The van der Waals surface area contributed by atoms with Crippen LogP contribution < -0.4 is 5.32 Å². The largest absolute Gasteiger partial charge is 0.319 e. The van der Waals surface area contributed by atoms with Gasteiger partial charge < -0.3 is 5.32 Å². The third kappa shape index (κ3) is 2.61. The zero-order valence-corrected chi connectivity index (χ0v) is 14.5. The molecule has 2 aliphatic carbocycles. The Bertz CT molecular complexity index is 1070. The zero-order valence-electron chi connectivity index (χ0n) is 14.5. The van der Waals surface area contributed by atoms with Gasteiger partial charge in [-0.3, -0.25) is 9.78 Å². The lowest BCUT2D eigenvalue weighted by Crippen LogP contribution is -2.15. The van der Waals surface area contributed by atoms with Gasteiger partial charge in [0, 0.05) is 23.2 Å². The summed E-state index contributed by atoms with van der Waals surface area (Å²) in [6, 6.07) is 6.97. The van der Waals surface area contributed by atoms with Crippen LogP contribution in [-0.4, -0.2) is 20.7 Å². The Morgan fingerprint density at radius 3 is 2.85 bits per heavy atom. The van der Waals surface area contributed by atoms with Gasteiger partial charge in [-0.1, -0.05) is 0 Å². The first-order valence-corrected chi connectivity index (χ1v) is 8.82. The minimum atomic E-state index is -0.695. The molecule has 2 aliphatic rings. The Balaban J connectivity index is 1.55. The van der Waals surface area contributed by atoms with E-state index in [0.717, 1.165) is 35.9 Å². The minimum absolute atomic E-state index is 0.163. The molecule has 2 heterocycles. The lowest BCUT2D eigenvalue weighted by molar-refractivity contribution is 0.102. The van der Waals surface area contributed by atoms with Gasteiger partial charge in [0.1, 0.15) is 11.5 Å². The van der Waals surface area contributed by atoms with E-state index in [4.69, 9.17) is 0 Å². The maximum absolute atomic E-state index is 14.3. The summed E-state index contributed by atoms with van der Waals surface area (Å²) in [6.45, 7) is 1.86. The molecule has 136 valence electrons. The van der Waals surface area contributed by atoms with E-state index in [1.165, 1.54) is 16.8 Å². The number of hydrogen-bond donors (Lipinski definition) is 1. The molecule has 0 saturated heterocycles. The van der Waals surface area contributed by atoms with Crippen LogP contribution in [0.15, 0.2) is 36.5 Å². The van der Waals surface area contributed by atoms with Crippen molar-refractivity contribution >= 4 is 11.6 Å². The number of hydrogen-bond acceptors (Lipinski definition) is 3. The number of nitrogens with one attached hydrogen (secondary N) is 1. The van der Waals surface area contributed by atoms with Crippen molar-refractivity contribution in [2.24, 2.45) is 5.92 Å². The third-order valence-electron chi connectivity index (χ3n) is 5.29. The summed E-state index contributed by atoms with van der Waals surface area (Å²) in [5.74, 6) is -0.910. The maximum atomic E-state index is 14.3. The van der Waals surface area contributed by atoms with Crippen LogP contribution in [0.5, 0.6) is 0 Å². The molecule has 1 N–H and O–H groups in total. The van der Waals surface area contributed by atoms with Crippen LogP contribution in [-0.2, 0) is 6.42 Å². The van der Waals surface area contributed by atoms with Gasteiger partial charge in [-0.15, -0.1) is 0 Å². The Kier molecular flexibility index (Phi) is 3.40. The van der Waals surface area contributed by atoms with Crippen molar-refractivity contribution in [2.45, 2.75) is 25.7 Å².